The second-order valence-electron chi connectivity index (χ2n) is 7.12. The number of carbonyl (C=O) groups is 1. The quantitative estimate of drug-likeness (QED) is 0.597. The zero-order valence-electron chi connectivity index (χ0n) is 14.2. The Balaban J connectivity index is 2.04. The van der Waals surface area contributed by atoms with E-state index in [-0.39, 0.29) is 22.8 Å². The van der Waals surface area contributed by atoms with E-state index in [0.29, 0.717) is 12.8 Å². The largest absolute Gasteiger partial charge is 0.443 e. The third-order valence-electron chi connectivity index (χ3n) is 4.12. The zero-order chi connectivity index (χ0) is 18.4. The van der Waals surface area contributed by atoms with Crippen LogP contribution in [0.1, 0.15) is 33.6 Å². The lowest BCUT2D eigenvalue weighted by molar-refractivity contribution is 0.0311. The van der Waals surface area contributed by atoms with Crippen molar-refractivity contribution in [2.75, 3.05) is 0 Å². The van der Waals surface area contributed by atoms with E-state index < -0.39 is 27.8 Å². The molecule has 9 heteroatoms. The summed E-state index contributed by atoms with van der Waals surface area (Å²) in [5.41, 5.74) is -1.11. The Morgan fingerprint density at radius 3 is 2.48 bits per heavy atom. The molecule has 1 heterocycles. The highest BCUT2D eigenvalue weighted by Crippen LogP contribution is 2.44. The van der Waals surface area contributed by atoms with Gasteiger partial charge in [0.25, 0.3) is 10.0 Å². The van der Waals surface area contributed by atoms with Crippen LogP contribution in [0.4, 0.5) is 10.5 Å². The fraction of sp³-hybridized carbons (Fsp3) is 0.562. The third-order valence-corrected chi connectivity index (χ3v) is 5.96. The summed E-state index contributed by atoms with van der Waals surface area (Å²) >= 11 is 0. The van der Waals surface area contributed by atoms with Crippen molar-refractivity contribution in [3.63, 3.8) is 0 Å². The molecule has 0 spiro atoms. The van der Waals surface area contributed by atoms with E-state index in [0.717, 1.165) is 4.31 Å². The maximum absolute atomic E-state index is 13.2. The molecule has 1 aliphatic carbocycles. The Labute approximate surface area is 146 Å². The standard InChI is InChI=1S/C16H20N2O6S/c1-16(2,3)24-15(19)18(11-8-9-12-14(11)23-12)25(21,22)13-7-5-4-6-10(13)17-20/h4-7,11-12,14H,8-9H2,1-3H3/t11-,12?,14+/m0/s1. The number of hydrogen-bond donors (Lipinski definition) is 0. The van der Waals surface area contributed by atoms with Gasteiger partial charge in [-0.25, -0.2) is 13.2 Å². The number of carbonyl (C=O) groups excluding carboxylic acids is 1. The number of fused-ring (bicyclic) bond motifs is 1. The minimum absolute atomic E-state index is 0.0235. The van der Waals surface area contributed by atoms with Gasteiger partial charge in [0.2, 0.25) is 0 Å². The highest BCUT2D eigenvalue weighted by molar-refractivity contribution is 7.89. The molecule has 1 amide bonds. The predicted molar refractivity (Wildman–Crippen MR) is 88.8 cm³/mol. The van der Waals surface area contributed by atoms with Gasteiger partial charge < -0.3 is 9.47 Å². The van der Waals surface area contributed by atoms with Crippen molar-refractivity contribution in [1.29, 1.82) is 0 Å². The Bertz CT molecular complexity index is 801. The lowest BCUT2D eigenvalue weighted by Gasteiger charge is -2.31. The molecule has 1 aromatic carbocycles. The molecule has 1 aliphatic heterocycles. The van der Waals surface area contributed by atoms with Crippen LogP contribution in [-0.4, -0.2) is 42.7 Å². The molecule has 0 bridgehead atoms. The molecule has 0 radical (unpaired) electrons. The normalized spacial score (nSPS) is 25.2. The lowest BCUT2D eigenvalue weighted by atomic mass is 10.2. The van der Waals surface area contributed by atoms with E-state index in [4.69, 9.17) is 9.47 Å². The molecule has 8 nitrogen and oxygen atoms in total. The van der Waals surface area contributed by atoms with Gasteiger partial charge in [-0.2, -0.15) is 4.31 Å². The fourth-order valence-electron chi connectivity index (χ4n) is 3.05. The fourth-order valence-corrected chi connectivity index (χ4v) is 4.70. The number of nitrogens with zero attached hydrogens (tertiary/aromatic N) is 2. The van der Waals surface area contributed by atoms with Gasteiger partial charge in [0.1, 0.15) is 22.3 Å². The van der Waals surface area contributed by atoms with E-state index in [1.807, 2.05) is 0 Å². The number of epoxide rings is 1. The van der Waals surface area contributed by atoms with Gasteiger partial charge in [0, 0.05) is 0 Å². The van der Waals surface area contributed by atoms with E-state index in [1.54, 1.807) is 20.8 Å². The number of amides is 1. The Morgan fingerprint density at radius 2 is 1.96 bits per heavy atom. The minimum atomic E-state index is -4.32. The summed E-state index contributed by atoms with van der Waals surface area (Å²) in [6.07, 6.45) is -0.153. The number of ether oxygens (including phenoxy) is 2. The summed E-state index contributed by atoms with van der Waals surface area (Å²) in [6.45, 7) is 4.96. The minimum Gasteiger partial charge on any atom is -0.443 e. The molecule has 25 heavy (non-hydrogen) atoms. The van der Waals surface area contributed by atoms with Gasteiger partial charge in [0.05, 0.1) is 12.1 Å². The molecule has 0 N–H and O–H groups in total. The summed E-state index contributed by atoms with van der Waals surface area (Å²) in [6, 6.07) is 4.87. The molecule has 1 saturated heterocycles. The van der Waals surface area contributed by atoms with Gasteiger partial charge >= 0.3 is 6.09 Å². The van der Waals surface area contributed by atoms with Crippen LogP contribution in [0.5, 0.6) is 0 Å². The molecular weight excluding hydrogens is 348 g/mol. The molecular formula is C16H20N2O6S. The number of sulfonamides is 1. The van der Waals surface area contributed by atoms with Crippen molar-refractivity contribution in [1.82, 2.24) is 4.31 Å². The van der Waals surface area contributed by atoms with Crippen LogP contribution in [0.3, 0.4) is 0 Å². The molecule has 2 aliphatic rings. The zero-order valence-corrected chi connectivity index (χ0v) is 15.0. The van der Waals surface area contributed by atoms with Crippen molar-refractivity contribution in [3.8, 4) is 0 Å². The van der Waals surface area contributed by atoms with Crippen molar-refractivity contribution in [2.45, 2.75) is 62.4 Å². The maximum Gasteiger partial charge on any atom is 0.424 e. The lowest BCUT2D eigenvalue weighted by Crippen LogP contribution is -2.48. The van der Waals surface area contributed by atoms with Crippen molar-refractivity contribution in [3.05, 3.63) is 29.2 Å². The first-order valence-corrected chi connectivity index (χ1v) is 9.44. The maximum atomic E-state index is 13.2. The summed E-state index contributed by atoms with van der Waals surface area (Å²) in [4.78, 5) is 23.4. The summed E-state index contributed by atoms with van der Waals surface area (Å²) < 4.78 is 37.8. The number of hydrogen-bond acceptors (Lipinski definition) is 7. The average molecular weight is 368 g/mol. The molecule has 3 atom stereocenters. The molecule has 1 aromatic rings. The van der Waals surface area contributed by atoms with E-state index in [2.05, 4.69) is 5.18 Å². The number of rotatable bonds is 4. The van der Waals surface area contributed by atoms with Crippen molar-refractivity contribution < 1.29 is 22.7 Å². The molecule has 1 saturated carbocycles. The summed E-state index contributed by atoms with van der Waals surface area (Å²) in [5.74, 6) is 0. The Kier molecular flexibility index (Phi) is 4.32. The first-order chi connectivity index (χ1) is 11.6. The van der Waals surface area contributed by atoms with Gasteiger partial charge in [0.15, 0.2) is 0 Å². The number of benzene rings is 1. The van der Waals surface area contributed by atoms with Crippen LogP contribution >= 0.6 is 0 Å². The van der Waals surface area contributed by atoms with Crippen LogP contribution in [0.15, 0.2) is 34.3 Å². The topological polar surface area (TPSA) is 106 Å². The Hall–Kier alpha value is -2.00. The smallest absolute Gasteiger partial charge is 0.424 e. The summed E-state index contributed by atoms with van der Waals surface area (Å²) in [5, 5.41) is 2.77. The second kappa shape index (κ2) is 6.06. The average Bonchev–Trinajstić information content (AvgIpc) is 3.19. The van der Waals surface area contributed by atoms with E-state index >= 15 is 0 Å². The van der Waals surface area contributed by atoms with Crippen molar-refractivity contribution in [2.24, 2.45) is 5.18 Å². The van der Waals surface area contributed by atoms with Crippen LogP contribution in [0.25, 0.3) is 0 Å². The molecule has 1 unspecified atom stereocenters. The third kappa shape index (κ3) is 3.38. The molecule has 136 valence electrons. The first-order valence-electron chi connectivity index (χ1n) is 8.00. The van der Waals surface area contributed by atoms with Crippen LogP contribution in [-0.2, 0) is 19.5 Å². The van der Waals surface area contributed by atoms with Crippen LogP contribution in [0, 0.1) is 4.91 Å². The highest BCUT2D eigenvalue weighted by Gasteiger charge is 2.57. The highest BCUT2D eigenvalue weighted by atomic mass is 32.2. The first kappa shape index (κ1) is 17.8. The van der Waals surface area contributed by atoms with Gasteiger partial charge in [-0.3, -0.25) is 0 Å². The van der Waals surface area contributed by atoms with Gasteiger partial charge in [-0.1, -0.05) is 12.1 Å². The van der Waals surface area contributed by atoms with Gasteiger partial charge in [-0.15, -0.1) is 4.91 Å². The summed E-state index contributed by atoms with van der Waals surface area (Å²) in [7, 11) is -4.32. The van der Waals surface area contributed by atoms with Crippen LogP contribution < -0.4 is 0 Å². The second-order valence-corrected chi connectivity index (χ2v) is 8.91. The molecule has 0 aromatic heterocycles. The van der Waals surface area contributed by atoms with Gasteiger partial charge in [-0.05, 0) is 50.9 Å². The SMILES string of the molecule is CC(C)(C)OC(=O)N([C@H]1CCC2O[C@@H]21)S(=O)(=O)c1ccccc1N=O. The van der Waals surface area contributed by atoms with Crippen molar-refractivity contribution >= 4 is 21.8 Å². The van der Waals surface area contributed by atoms with Crippen LogP contribution in [0.2, 0.25) is 0 Å². The monoisotopic (exact) mass is 368 g/mol. The van der Waals surface area contributed by atoms with E-state index in [9.17, 15) is 18.1 Å². The Morgan fingerprint density at radius 1 is 1.28 bits per heavy atom. The number of nitroso groups, excluding NO2 is 1. The predicted octanol–water partition coefficient (Wildman–Crippen LogP) is 2.94. The van der Waals surface area contributed by atoms with E-state index in [1.165, 1.54) is 24.3 Å². The molecule has 2 fully saturated rings. The molecule has 3 rings (SSSR count).